The van der Waals surface area contributed by atoms with Crippen molar-refractivity contribution in [1.29, 1.82) is 5.26 Å². The lowest BCUT2D eigenvalue weighted by Gasteiger charge is -2.31. The van der Waals surface area contributed by atoms with Crippen LogP contribution < -0.4 is 0 Å². The quantitative estimate of drug-likeness (QED) is 0.758. The summed E-state index contributed by atoms with van der Waals surface area (Å²) in [7, 11) is 1.31. The van der Waals surface area contributed by atoms with E-state index in [1.807, 2.05) is 6.92 Å². The summed E-state index contributed by atoms with van der Waals surface area (Å²) in [6, 6.07) is 8.88. The molecule has 136 valence electrons. The van der Waals surface area contributed by atoms with Gasteiger partial charge in [0.15, 0.2) is 0 Å². The fourth-order valence-electron chi connectivity index (χ4n) is 3.13. The fraction of sp³-hybridized carbons (Fsp3) is 0.400. The van der Waals surface area contributed by atoms with Crippen LogP contribution in [0, 0.1) is 17.2 Å². The molecule has 2 rings (SSSR count). The van der Waals surface area contributed by atoms with E-state index >= 15 is 0 Å². The first-order valence-corrected chi connectivity index (χ1v) is 8.45. The Morgan fingerprint density at radius 3 is 2.42 bits per heavy atom. The standard InChI is InChI=1S/C20H22N2O4/c1-5-10-26-20(24)17-13(3)22-12(2)16(19(23)25-4)18(17)15-8-6-14(11-21)7-9-15/h6-9,16,18H,5,10H2,1-4H3. The summed E-state index contributed by atoms with van der Waals surface area (Å²) in [6.45, 7) is 5.68. The van der Waals surface area contributed by atoms with Gasteiger partial charge in [0.2, 0.25) is 0 Å². The summed E-state index contributed by atoms with van der Waals surface area (Å²) in [4.78, 5) is 29.5. The van der Waals surface area contributed by atoms with Crippen molar-refractivity contribution in [3.63, 3.8) is 0 Å². The largest absolute Gasteiger partial charge is 0.468 e. The first-order valence-electron chi connectivity index (χ1n) is 8.45. The van der Waals surface area contributed by atoms with Crippen molar-refractivity contribution >= 4 is 17.7 Å². The molecule has 6 heteroatoms. The van der Waals surface area contributed by atoms with Gasteiger partial charge in [-0.1, -0.05) is 19.1 Å². The highest BCUT2D eigenvalue weighted by Crippen LogP contribution is 2.40. The van der Waals surface area contributed by atoms with E-state index in [-0.39, 0.29) is 0 Å². The highest BCUT2D eigenvalue weighted by molar-refractivity contribution is 6.06. The minimum Gasteiger partial charge on any atom is -0.468 e. The normalized spacial score (nSPS) is 19.4. The molecule has 0 aromatic heterocycles. The predicted molar refractivity (Wildman–Crippen MR) is 96.5 cm³/mol. The minimum absolute atomic E-state index is 0.293. The van der Waals surface area contributed by atoms with Crippen molar-refractivity contribution in [2.24, 2.45) is 10.9 Å². The molecule has 1 aromatic rings. The van der Waals surface area contributed by atoms with E-state index < -0.39 is 23.8 Å². The van der Waals surface area contributed by atoms with E-state index in [1.165, 1.54) is 7.11 Å². The Hall–Kier alpha value is -2.94. The highest BCUT2D eigenvalue weighted by atomic mass is 16.5. The van der Waals surface area contributed by atoms with Gasteiger partial charge in [-0.25, -0.2) is 4.79 Å². The summed E-state index contributed by atoms with van der Waals surface area (Å²) < 4.78 is 10.3. The van der Waals surface area contributed by atoms with E-state index in [4.69, 9.17) is 14.7 Å². The predicted octanol–water partition coefficient (Wildman–Crippen LogP) is 3.13. The smallest absolute Gasteiger partial charge is 0.336 e. The number of esters is 2. The van der Waals surface area contributed by atoms with Crippen LogP contribution in [0.25, 0.3) is 0 Å². The van der Waals surface area contributed by atoms with Crippen LogP contribution in [0.1, 0.15) is 44.2 Å². The topological polar surface area (TPSA) is 88.8 Å². The molecule has 2 unspecified atom stereocenters. The number of benzene rings is 1. The van der Waals surface area contributed by atoms with Crippen molar-refractivity contribution in [2.45, 2.75) is 33.1 Å². The van der Waals surface area contributed by atoms with Crippen LogP contribution in [-0.4, -0.2) is 31.4 Å². The number of hydrogen-bond acceptors (Lipinski definition) is 6. The summed E-state index contributed by atoms with van der Waals surface area (Å²) >= 11 is 0. The minimum atomic E-state index is -0.721. The number of nitrogens with zero attached hydrogens (tertiary/aromatic N) is 2. The molecule has 26 heavy (non-hydrogen) atoms. The zero-order chi connectivity index (χ0) is 19.3. The summed E-state index contributed by atoms with van der Waals surface area (Å²) in [6.07, 6.45) is 0.697. The number of rotatable bonds is 5. The molecule has 0 radical (unpaired) electrons. The molecule has 2 atom stereocenters. The van der Waals surface area contributed by atoms with Crippen LogP contribution in [0.2, 0.25) is 0 Å². The number of carbonyl (C=O) groups excluding carboxylic acids is 2. The molecule has 0 spiro atoms. The number of nitriles is 1. The lowest BCUT2D eigenvalue weighted by molar-refractivity contribution is -0.144. The van der Waals surface area contributed by atoms with Gasteiger partial charge < -0.3 is 9.47 Å². The number of allylic oxidation sites excluding steroid dienone is 1. The van der Waals surface area contributed by atoms with E-state index in [1.54, 1.807) is 38.1 Å². The molecular formula is C20H22N2O4. The van der Waals surface area contributed by atoms with Crippen molar-refractivity contribution < 1.29 is 19.1 Å². The number of hydrogen-bond donors (Lipinski definition) is 0. The fourth-order valence-corrected chi connectivity index (χ4v) is 3.13. The Balaban J connectivity index is 2.59. The van der Waals surface area contributed by atoms with Gasteiger partial charge in [0, 0.05) is 17.3 Å². The van der Waals surface area contributed by atoms with Crippen LogP contribution in [0.5, 0.6) is 0 Å². The second kappa shape index (κ2) is 8.43. The van der Waals surface area contributed by atoms with Gasteiger partial charge in [-0.15, -0.1) is 0 Å². The Morgan fingerprint density at radius 1 is 1.23 bits per heavy atom. The molecule has 0 N–H and O–H groups in total. The third-order valence-electron chi connectivity index (χ3n) is 4.34. The van der Waals surface area contributed by atoms with Gasteiger partial charge in [-0.2, -0.15) is 5.26 Å². The molecule has 0 fully saturated rings. The average Bonchev–Trinajstić information content (AvgIpc) is 2.65. The highest BCUT2D eigenvalue weighted by Gasteiger charge is 2.42. The summed E-state index contributed by atoms with van der Waals surface area (Å²) in [5, 5.41) is 9.01. The van der Waals surface area contributed by atoms with E-state index in [2.05, 4.69) is 11.1 Å². The Morgan fingerprint density at radius 2 is 1.88 bits per heavy atom. The molecule has 0 saturated heterocycles. The maximum atomic E-state index is 12.7. The second-order valence-electron chi connectivity index (χ2n) is 6.10. The Bertz CT molecular complexity index is 800. The van der Waals surface area contributed by atoms with Gasteiger partial charge in [-0.05, 0) is 38.0 Å². The Kier molecular flexibility index (Phi) is 6.29. The van der Waals surface area contributed by atoms with Gasteiger partial charge in [0.1, 0.15) is 5.92 Å². The number of carbonyl (C=O) groups is 2. The van der Waals surface area contributed by atoms with Crippen LogP contribution >= 0.6 is 0 Å². The molecule has 1 heterocycles. The molecule has 6 nitrogen and oxygen atoms in total. The molecule has 0 aliphatic carbocycles. The first-order chi connectivity index (χ1) is 12.4. The zero-order valence-corrected chi connectivity index (χ0v) is 15.4. The molecule has 0 bridgehead atoms. The van der Waals surface area contributed by atoms with Crippen LogP contribution in [-0.2, 0) is 19.1 Å². The number of aliphatic imine (C=N–C) groups is 1. The lowest BCUT2D eigenvalue weighted by Crippen LogP contribution is -2.36. The molecule has 1 aromatic carbocycles. The molecule has 1 aliphatic heterocycles. The second-order valence-corrected chi connectivity index (χ2v) is 6.10. The maximum Gasteiger partial charge on any atom is 0.336 e. The molecule has 0 saturated carbocycles. The summed E-state index contributed by atoms with van der Waals surface area (Å²) in [5.74, 6) is -2.24. The average molecular weight is 354 g/mol. The summed E-state index contributed by atoms with van der Waals surface area (Å²) in [5.41, 5.74) is 2.69. The third-order valence-corrected chi connectivity index (χ3v) is 4.34. The lowest BCUT2D eigenvalue weighted by atomic mass is 9.75. The van der Waals surface area contributed by atoms with Gasteiger partial charge >= 0.3 is 11.9 Å². The van der Waals surface area contributed by atoms with Crippen molar-refractivity contribution in [1.82, 2.24) is 0 Å². The van der Waals surface area contributed by atoms with Crippen molar-refractivity contribution in [2.75, 3.05) is 13.7 Å². The molecule has 0 amide bonds. The zero-order valence-electron chi connectivity index (χ0n) is 15.4. The third kappa shape index (κ3) is 3.83. The monoisotopic (exact) mass is 354 g/mol. The van der Waals surface area contributed by atoms with Gasteiger partial charge in [0.25, 0.3) is 0 Å². The van der Waals surface area contributed by atoms with Crippen molar-refractivity contribution in [3.05, 3.63) is 46.7 Å². The van der Waals surface area contributed by atoms with Crippen LogP contribution in [0.4, 0.5) is 0 Å². The van der Waals surface area contributed by atoms with E-state index in [0.717, 1.165) is 5.56 Å². The molecular weight excluding hydrogens is 332 g/mol. The van der Waals surface area contributed by atoms with E-state index in [9.17, 15) is 9.59 Å². The molecule has 1 aliphatic rings. The first kappa shape index (κ1) is 19.4. The van der Waals surface area contributed by atoms with Gasteiger partial charge in [0.05, 0.1) is 30.9 Å². The number of ether oxygens (including phenoxy) is 2. The number of methoxy groups -OCH3 is 1. The van der Waals surface area contributed by atoms with Gasteiger partial charge in [-0.3, -0.25) is 9.79 Å². The van der Waals surface area contributed by atoms with Crippen LogP contribution in [0.15, 0.2) is 40.5 Å². The maximum absolute atomic E-state index is 12.7. The SMILES string of the molecule is CCCOC(=O)C1=C(C)N=C(C)C(C(=O)OC)C1c1ccc(C#N)cc1. The van der Waals surface area contributed by atoms with Crippen molar-refractivity contribution in [3.8, 4) is 6.07 Å². The van der Waals surface area contributed by atoms with Crippen LogP contribution in [0.3, 0.4) is 0 Å². The Labute approximate surface area is 153 Å². The van der Waals surface area contributed by atoms with E-state index in [0.29, 0.717) is 35.6 Å².